The Hall–Kier alpha value is -2.97. The lowest BCUT2D eigenvalue weighted by atomic mass is 9.79. The largest absolute Gasteiger partial charge is 0.417 e. The van der Waals surface area contributed by atoms with E-state index in [-0.39, 0.29) is 11.6 Å². The summed E-state index contributed by atoms with van der Waals surface area (Å²) in [5.74, 6) is -2.72. The molecule has 3 amide bonds. The topological polar surface area (TPSA) is 93.9 Å². The number of likely N-dealkylation sites (tertiary alicyclic amines) is 1. The van der Waals surface area contributed by atoms with Crippen LogP contribution >= 0.6 is 0 Å². The molecule has 4 atom stereocenters. The lowest BCUT2D eigenvalue weighted by molar-refractivity contribution is -0.169. The van der Waals surface area contributed by atoms with E-state index < -0.39 is 52.2 Å². The van der Waals surface area contributed by atoms with Gasteiger partial charge in [0.2, 0.25) is 17.7 Å². The van der Waals surface area contributed by atoms with Crippen molar-refractivity contribution in [3.63, 3.8) is 0 Å². The zero-order chi connectivity index (χ0) is 27.3. The molecular weight excluding hydrogens is 489 g/mol. The molecule has 0 radical (unpaired) electrons. The second kappa shape index (κ2) is 9.40. The van der Waals surface area contributed by atoms with Crippen LogP contribution in [0.2, 0.25) is 0 Å². The molecule has 3 aliphatic rings. The molecule has 1 aromatic carbocycles. The van der Waals surface area contributed by atoms with Gasteiger partial charge < -0.3 is 9.64 Å². The maximum absolute atomic E-state index is 13.6. The monoisotopic (exact) mass is 520 g/mol. The van der Waals surface area contributed by atoms with Gasteiger partial charge in [0, 0.05) is 33.6 Å². The van der Waals surface area contributed by atoms with Gasteiger partial charge in [0.05, 0.1) is 45.9 Å². The van der Waals surface area contributed by atoms with Crippen LogP contribution in [-0.4, -0.2) is 72.5 Å². The Morgan fingerprint density at radius 1 is 1.11 bits per heavy atom. The summed E-state index contributed by atoms with van der Waals surface area (Å²) in [6.45, 7) is 5.11. The van der Waals surface area contributed by atoms with Crippen LogP contribution in [0.15, 0.2) is 18.2 Å². The molecule has 3 aliphatic heterocycles. The van der Waals surface area contributed by atoms with Gasteiger partial charge in [0.25, 0.3) is 0 Å². The number of unbranched alkanes of at least 4 members (excludes halogenated alkanes) is 2. The number of amides is 3. The van der Waals surface area contributed by atoms with Crippen LogP contribution < -0.4 is 4.90 Å². The van der Waals surface area contributed by atoms with Gasteiger partial charge in [-0.3, -0.25) is 19.3 Å². The van der Waals surface area contributed by atoms with Gasteiger partial charge in [-0.15, -0.1) is 0 Å². The first-order chi connectivity index (χ1) is 17.2. The highest BCUT2D eigenvalue weighted by molar-refractivity contribution is 6.23. The van der Waals surface area contributed by atoms with E-state index in [4.69, 9.17) is 10.00 Å². The molecule has 1 aromatic rings. The number of carbonyl (C=O) groups is 3. The zero-order valence-corrected chi connectivity index (χ0v) is 21.4. The number of halogens is 3. The molecule has 3 heterocycles. The molecule has 8 nitrogen and oxygen atoms in total. The third-order valence-corrected chi connectivity index (χ3v) is 7.71. The summed E-state index contributed by atoms with van der Waals surface area (Å²) in [7, 11) is 3.45. The number of benzene rings is 1. The molecule has 3 fully saturated rings. The Balaban J connectivity index is 1.50. The predicted molar refractivity (Wildman–Crippen MR) is 127 cm³/mol. The summed E-state index contributed by atoms with van der Waals surface area (Å²) < 4.78 is 46.9. The zero-order valence-electron chi connectivity index (χ0n) is 21.4. The molecule has 37 heavy (non-hydrogen) atoms. The van der Waals surface area contributed by atoms with Crippen molar-refractivity contribution in [1.29, 1.82) is 5.26 Å². The maximum atomic E-state index is 13.6. The summed E-state index contributed by atoms with van der Waals surface area (Å²) in [6, 6.07) is 4.41. The maximum Gasteiger partial charge on any atom is 0.417 e. The second-order valence-electron chi connectivity index (χ2n) is 10.8. The van der Waals surface area contributed by atoms with Crippen LogP contribution in [0.5, 0.6) is 0 Å². The van der Waals surface area contributed by atoms with Crippen molar-refractivity contribution in [2.24, 2.45) is 11.8 Å². The highest BCUT2D eigenvalue weighted by atomic mass is 19.4. The van der Waals surface area contributed by atoms with Gasteiger partial charge >= 0.3 is 6.18 Å². The third-order valence-electron chi connectivity index (χ3n) is 7.71. The molecule has 200 valence electrons. The van der Waals surface area contributed by atoms with Gasteiger partial charge in [-0.25, -0.2) is 4.90 Å². The Bertz CT molecular complexity index is 1130. The Morgan fingerprint density at radius 2 is 1.70 bits per heavy atom. The van der Waals surface area contributed by atoms with Crippen molar-refractivity contribution >= 4 is 23.4 Å². The highest BCUT2D eigenvalue weighted by Crippen LogP contribution is 2.55. The minimum atomic E-state index is -4.80. The number of fused-ring (bicyclic) bond motifs is 5. The van der Waals surface area contributed by atoms with Gasteiger partial charge in [0.15, 0.2) is 0 Å². The number of rotatable bonds is 7. The lowest BCUT2D eigenvalue weighted by Crippen LogP contribution is -2.58. The van der Waals surface area contributed by atoms with Gasteiger partial charge in [-0.1, -0.05) is 6.42 Å². The van der Waals surface area contributed by atoms with E-state index in [0.717, 1.165) is 36.8 Å². The molecule has 0 aromatic heterocycles. The van der Waals surface area contributed by atoms with Gasteiger partial charge in [-0.2, -0.15) is 18.4 Å². The standard InChI is InChI=1S/C26H31F3N4O4/c1-24-14-32(11-7-5-6-8-19(34)31(3)4)15-25(2,37-24)21-20(24)22(35)33(23(21)36)17-10-9-16(13-30)18(12-17)26(27,28)29/h9-10,12,20-21H,5-8,11,14-15H2,1-4H3. The molecule has 4 rings (SSSR count). The molecule has 0 saturated carbocycles. The van der Waals surface area contributed by atoms with Gasteiger partial charge in [-0.05, 0) is 51.4 Å². The molecule has 0 spiro atoms. The van der Waals surface area contributed by atoms with Gasteiger partial charge in [0.1, 0.15) is 0 Å². The van der Waals surface area contributed by atoms with E-state index in [1.165, 1.54) is 12.1 Å². The molecule has 4 unspecified atom stereocenters. The first-order valence-electron chi connectivity index (χ1n) is 12.3. The summed E-state index contributed by atoms with van der Waals surface area (Å²) >= 11 is 0. The number of carbonyl (C=O) groups excluding carboxylic acids is 3. The molecule has 3 saturated heterocycles. The van der Waals surface area contributed by atoms with Crippen LogP contribution in [-0.2, 0) is 25.3 Å². The summed E-state index contributed by atoms with van der Waals surface area (Å²) in [5, 5.41) is 9.08. The number of hydrogen-bond donors (Lipinski definition) is 0. The number of hydrogen-bond acceptors (Lipinski definition) is 6. The normalized spacial score (nSPS) is 29.4. The summed E-state index contributed by atoms with van der Waals surface area (Å²) in [4.78, 5) is 43.4. The number of imide groups is 1. The second-order valence-corrected chi connectivity index (χ2v) is 10.8. The fraction of sp³-hybridized carbons (Fsp3) is 0.615. The van der Waals surface area contributed by atoms with E-state index >= 15 is 0 Å². The highest BCUT2D eigenvalue weighted by Gasteiger charge is 2.71. The summed E-state index contributed by atoms with van der Waals surface area (Å²) in [5.41, 5.74) is -3.89. The van der Waals surface area contributed by atoms with Crippen LogP contribution in [0.1, 0.15) is 50.7 Å². The van der Waals surface area contributed by atoms with E-state index in [2.05, 4.69) is 4.90 Å². The van der Waals surface area contributed by atoms with Crippen molar-refractivity contribution in [2.45, 2.75) is 56.9 Å². The number of alkyl halides is 3. The van der Waals surface area contributed by atoms with E-state index in [1.807, 2.05) is 0 Å². The molecule has 0 aliphatic carbocycles. The van der Waals surface area contributed by atoms with Crippen molar-refractivity contribution in [3.05, 3.63) is 29.3 Å². The van der Waals surface area contributed by atoms with E-state index in [9.17, 15) is 27.6 Å². The number of morpholine rings is 1. The van der Waals surface area contributed by atoms with E-state index in [1.54, 1.807) is 32.8 Å². The smallest absolute Gasteiger partial charge is 0.365 e. The van der Waals surface area contributed by atoms with Crippen LogP contribution in [0, 0.1) is 23.2 Å². The van der Waals surface area contributed by atoms with Crippen molar-refractivity contribution in [2.75, 3.05) is 38.6 Å². The van der Waals surface area contributed by atoms with Crippen LogP contribution in [0.3, 0.4) is 0 Å². The molecule has 0 N–H and O–H groups in total. The van der Waals surface area contributed by atoms with Crippen molar-refractivity contribution < 1.29 is 32.3 Å². The van der Waals surface area contributed by atoms with E-state index in [0.29, 0.717) is 25.6 Å². The minimum absolute atomic E-state index is 0.0865. The van der Waals surface area contributed by atoms with Crippen molar-refractivity contribution in [1.82, 2.24) is 9.80 Å². The fourth-order valence-electron chi connectivity index (χ4n) is 6.19. The van der Waals surface area contributed by atoms with Crippen LogP contribution in [0.25, 0.3) is 0 Å². The third kappa shape index (κ3) is 4.73. The molecule has 2 bridgehead atoms. The number of anilines is 1. The number of ether oxygens (including phenoxy) is 1. The van der Waals surface area contributed by atoms with Crippen molar-refractivity contribution in [3.8, 4) is 6.07 Å². The first kappa shape index (κ1) is 27.1. The number of nitriles is 1. The fourth-order valence-corrected chi connectivity index (χ4v) is 6.19. The Kier molecular flexibility index (Phi) is 6.88. The predicted octanol–water partition coefficient (Wildman–Crippen LogP) is 3.19. The Labute approximate surface area is 213 Å². The quantitative estimate of drug-likeness (QED) is 0.405. The summed E-state index contributed by atoms with van der Waals surface area (Å²) in [6.07, 6.45) is -1.83. The Morgan fingerprint density at radius 3 is 2.22 bits per heavy atom. The number of nitrogens with zero attached hydrogens (tertiary/aromatic N) is 4. The van der Waals surface area contributed by atoms with Crippen LogP contribution in [0.4, 0.5) is 18.9 Å². The molecule has 11 heteroatoms. The SMILES string of the molecule is CN(C)C(=O)CCCCCN1CC2(C)OC(C)(C1)C1C(=O)N(c3ccc(C#N)c(C(F)(F)F)c3)C(=O)C12. The first-order valence-corrected chi connectivity index (χ1v) is 12.3. The minimum Gasteiger partial charge on any atom is -0.365 e. The molecular formula is C26H31F3N4O4. The lowest BCUT2D eigenvalue weighted by Gasteiger charge is -2.45. The average Bonchev–Trinajstić information content (AvgIpc) is 3.17. The average molecular weight is 521 g/mol.